The topological polar surface area (TPSA) is 49.3 Å². The van der Waals surface area contributed by atoms with E-state index in [9.17, 15) is 4.79 Å². The quantitative estimate of drug-likeness (QED) is 0.776. The van der Waals surface area contributed by atoms with Crippen LogP contribution in [0.15, 0.2) is 24.3 Å². The van der Waals surface area contributed by atoms with Gasteiger partial charge >= 0.3 is 0 Å². The van der Waals surface area contributed by atoms with Gasteiger partial charge in [-0.15, -0.1) is 11.8 Å². The maximum Gasteiger partial charge on any atom is 0.230 e. The molecule has 5 heteroatoms. The fraction of sp³-hybridized carbons (Fsp3) is 0.500. The number of carbonyl (C=O) groups is 1. The Balaban J connectivity index is 2.18. The molecule has 0 fully saturated rings. The Kier molecular flexibility index (Phi) is 7.94. The number of thioether (sulfide) groups is 1. The Bertz CT molecular complexity index is 384. The van der Waals surface area contributed by atoms with Crippen LogP contribution in [0, 0.1) is 0 Å². The molecule has 0 saturated carbocycles. The molecule has 1 amide bonds. The van der Waals surface area contributed by atoms with Crippen LogP contribution >= 0.6 is 23.4 Å². The first-order chi connectivity index (χ1) is 9.11. The zero-order valence-corrected chi connectivity index (χ0v) is 12.6. The van der Waals surface area contributed by atoms with E-state index in [1.165, 1.54) is 0 Å². The summed E-state index contributed by atoms with van der Waals surface area (Å²) in [5, 5.41) is 12.4. The van der Waals surface area contributed by atoms with Crippen molar-refractivity contribution >= 4 is 29.3 Å². The summed E-state index contributed by atoms with van der Waals surface area (Å²) in [6.07, 6.45) is 1.53. The smallest absolute Gasteiger partial charge is 0.230 e. The van der Waals surface area contributed by atoms with Gasteiger partial charge in [0, 0.05) is 23.4 Å². The van der Waals surface area contributed by atoms with Gasteiger partial charge in [0.05, 0.1) is 5.75 Å². The maximum absolute atomic E-state index is 11.6. The highest BCUT2D eigenvalue weighted by Gasteiger charge is 2.07. The minimum Gasteiger partial charge on any atom is -0.396 e. The van der Waals surface area contributed by atoms with E-state index in [0.29, 0.717) is 5.75 Å². The van der Waals surface area contributed by atoms with Gasteiger partial charge in [0.15, 0.2) is 0 Å². The Morgan fingerprint density at radius 2 is 2.11 bits per heavy atom. The molecule has 3 nitrogen and oxygen atoms in total. The zero-order chi connectivity index (χ0) is 14.1. The Hall–Kier alpha value is -0.710. The van der Waals surface area contributed by atoms with Crippen LogP contribution in [0.5, 0.6) is 0 Å². The molecule has 0 bridgehead atoms. The third-order valence-corrected chi connectivity index (χ3v) is 3.87. The number of halogens is 1. The van der Waals surface area contributed by atoms with Gasteiger partial charge in [-0.1, -0.05) is 23.7 Å². The van der Waals surface area contributed by atoms with E-state index >= 15 is 0 Å². The van der Waals surface area contributed by atoms with Gasteiger partial charge in [0.1, 0.15) is 0 Å². The summed E-state index contributed by atoms with van der Waals surface area (Å²) in [5.41, 5.74) is 1.16. The standard InChI is InChI=1S/C14H20ClNO2S/c1-11(3-2-8-17)16-14(18)10-19-9-12-4-6-13(15)7-5-12/h4-7,11,17H,2-3,8-10H2,1H3,(H,16,18). The number of amides is 1. The zero-order valence-electron chi connectivity index (χ0n) is 11.1. The van der Waals surface area contributed by atoms with E-state index < -0.39 is 0 Å². The highest BCUT2D eigenvalue weighted by atomic mass is 35.5. The van der Waals surface area contributed by atoms with Crippen LogP contribution in [-0.2, 0) is 10.5 Å². The molecule has 0 heterocycles. The molecule has 1 aromatic carbocycles. The number of nitrogens with one attached hydrogen (secondary N) is 1. The van der Waals surface area contributed by atoms with Crippen molar-refractivity contribution in [3.8, 4) is 0 Å². The van der Waals surface area contributed by atoms with Gasteiger partial charge in [-0.05, 0) is 37.5 Å². The fourth-order valence-corrected chi connectivity index (χ4v) is 2.55. The minimum absolute atomic E-state index is 0.0457. The lowest BCUT2D eigenvalue weighted by molar-refractivity contribution is -0.119. The molecule has 0 aliphatic rings. The van der Waals surface area contributed by atoms with Crippen LogP contribution in [0.3, 0.4) is 0 Å². The molecule has 1 rings (SSSR count). The molecule has 0 aromatic heterocycles. The second-order valence-electron chi connectivity index (χ2n) is 4.45. The number of hydrogen-bond donors (Lipinski definition) is 2. The van der Waals surface area contributed by atoms with E-state index in [1.54, 1.807) is 11.8 Å². The molecular weight excluding hydrogens is 282 g/mol. The molecule has 0 saturated heterocycles. The molecule has 1 aromatic rings. The summed E-state index contributed by atoms with van der Waals surface area (Å²) in [6, 6.07) is 7.77. The highest BCUT2D eigenvalue weighted by molar-refractivity contribution is 7.99. The third kappa shape index (κ3) is 7.45. The molecule has 0 aliphatic heterocycles. The predicted molar refractivity (Wildman–Crippen MR) is 81.5 cm³/mol. The van der Waals surface area contributed by atoms with Crippen LogP contribution in [0.25, 0.3) is 0 Å². The van der Waals surface area contributed by atoms with Gasteiger partial charge in [-0.2, -0.15) is 0 Å². The molecule has 1 unspecified atom stereocenters. The minimum atomic E-state index is 0.0457. The maximum atomic E-state index is 11.6. The van der Waals surface area contributed by atoms with Crippen LogP contribution in [0.1, 0.15) is 25.3 Å². The number of benzene rings is 1. The van der Waals surface area contributed by atoms with Crippen LogP contribution in [0.2, 0.25) is 5.02 Å². The van der Waals surface area contributed by atoms with Crippen molar-refractivity contribution in [1.29, 1.82) is 0 Å². The normalized spacial score (nSPS) is 12.2. The summed E-state index contributed by atoms with van der Waals surface area (Å²) < 4.78 is 0. The number of rotatable bonds is 8. The van der Waals surface area contributed by atoms with Crippen molar-refractivity contribution in [2.24, 2.45) is 0 Å². The Morgan fingerprint density at radius 3 is 2.74 bits per heavy atom. The Morgan fingerprint density at radius 1 is 1.42 bits per heavy atom. The average Bonchev–Trinajstić information content (AvgIpc) is 2.38. The largest absolute Gasteiger partial charge is 0.396 e. The van der Waals surface area contributed by atoms with Gasteiger partial charge in [0.2, 0.25) is 5.91 Å². The molecule has 106 valence electrons. The molecule has 2 N–H and O–H groups in total. The van der Waals surface area contributed by atoms with E-state index in [2.05, 4.69) is 5.32 Å². The van der Waals surface area contributed by atoms with E-state index in [4.69, 9.17) is 16.7 Å². The monoisotopic (exact) mass is 301 g/mol. The lowest BCUT2D eigenvalue weighted by atomic mass is 10.2. The van der Waals surface area contributed by atoms with Gasteiger partial charge in [-0.3, -0.25) is 4.79 Å². The van der Waals surface area contributed by atoms with Crippen LogP contribution < -0.4 is 5.32 Å². The Labute approximate surface area is 123 Å². The number of carbonyl (C=O) groups excluding carboxylic acids is 1. The number of aliphatic hydroxyl groups excluding tert-OH is 1. The summed E-state index contributed by atoms with van der Waals surface area (Å²) in [5.74, 6) is 1.30. The molecule has 19 heavy (non-hydrogen) atoms. The van der Waals surface area contributed by atoms with Crippen molar-refractivity contribution in [3.05, 3.63) is 34.9 Å². The van der Waals surface area contributed by atoms with Crippen molar-refractivity contribution in [3.63, 3.8) is 0 Å². The predicted octanol–water partition coefficient (Wildman–Crippen LogP) is 2.85. The molecule has 1 atom stereocenters. The second-order valence-corrected chi connectivity index (χ2v) is 5.88. The van der Waals surface area contributed by atoms with E-state index in [-0.39, 0.29) is 18.6 Å². The lowest BCUT2D eigenvalue weighted by Crippen LogP contribution is -2.33. The lowest BCUT2D eigenvalue weighted by Gasteiger charge is -2.12. The van der Waals surface area contributed by atoms with Crippen LogP contribution in [-0.4, -0.2) is 29.4 Å². The highest BCUT2D eigenvalue weighted by Crippen LogP contribution is 2.15. The van der Waals surface area contributed by atoms with Gasteiger partial charge in [-0.25, -0.2) is 0 Å². The van der Waals surface area contributed by atoms with Crippen LogP contribution in [0.4, 0.5) is 0 Å². The summed E-state index contributed by atoms with van der Waals surface area (Å²) in [4.78, 5) is 11.6. The van der Waals surface area contributed by atoms with Crippen molar-refractivity contribution in [2.75, 3.05) is 12.4 Å². The fourth-order valence-electron chi connectivity index (χ4n) is 1.63. The summed E-state index contributed by atoms with van der Waals surface area (Å²) >= 11 is 7.39. The third-order valence-electron chi connectivity index (χ3n) is 2.62. The summed E-state index contributed by atoms with van der Waals surface area (Å²) in [6.45, 7) is 2.13. The van der Waals surface area contributed by atoms with E-state index in [0.717, 1.165) is 29.2 Å². The first kappa shape index (κ1) is 16.3. The first-order valence-corrected chi connectivity index (χ1v) is 7.87. The summed E-state index contributed by atoms with van der Waals surface area (Å²) in [7, 11) is 0. The van der Waals surface area contributed by atoms with Crippen molar-refractivity contribution < 1.29 is 9.90 Å². The van der Waals surface area contributed by atoms with Gasteiger partial charge < -0.3 is 10.4 Å². The molecular formula is C14H20ClNO2S. The average molecular weight is 302 g/mol. The second kappa shape index (κ2) is 9.23. The number of aliphatic hydroxyl groups is 1. The first-order valence-electron chi connectivity index (χ1n) is 6.34. The van der Waals surface area contributed by atoms with Crippen molar-refractivity contribution in [1.82, 2.24) is 5.32 Å². The van der Waals surface area contributed by atoms with Crippen molar-refractivity contribution in [2.45, 2.75) is 31.6 Å². The van der Waals surface area contributed by atoms with E-state index in [1.807, 2.05) is 31.2 Å². The van der Waals surface area contributed by atoms with Gasteiger partial charge in [0.25, 0.3) is 0 Å². The molecule has 0 aliphatic carbocycles. The number of hydrogen-bond acceptors (Lipinski definition) is 3. The SMILES string of the molecule is CC(CCCO)NC(=O)CSCc1ccc(Cl)cc1. The molecule has 0 spiro atoms. The molecule has 0 radical (unpaired) electrons.